The molecule has 0 spiro atoms. The van der Waals surface area contributed by atoms with Gasteiger partial charge in [-0.25, -0.2) is 4.79 Å². The van der Waals surface area contributed by atoms with E-state index in [-0.39, 0.29) is 24.9 Å². The fourth-order valence-corrected chi connectivity index (χ4v) is 2.86. The van der Waals surface area contributed by atoms with Crippen LogP contribution in [-0.2, 0) is 14.3 Å². The van der Waals surface area contributed by atoms with Crippen LogP contribution in [0.3, 0.4) is 0 Å². The fourth-order valence-electron chi connectivity index (χ4n) is 2.86. The smallest absolute Gasteiger partial charge is 0.344 e. The van der Waals surface area contributed by atoms with Gasteiger partial charge in [-0.05, 0) is 60.4 Å². The van der Waals surface area contributed by atoms with Gasteiger partial charge in [0.1, 0.15) is 5.75 Å². The van der Waals surface area contributed by atoms with E-state index in [2.05, 4.69) is 19.2 Å². The van der Waals surface area contributed by atoms with E-state index >= 15 is 0 Å². The molecule has 0 radical (unpaired) electrons. The molecule has 1 N–H and O–H groups in total. The van der Waals surface area contributed by atoms with Crippen LogP contribution in [0.4, 0.5) is 5.69 Å². The molecule has 2 rings (SSSR count). The number of hydrogen-bond donors (Lipinski definition) is 1. The summed E-state index contributed by atoms with van der Waals surface area (Å²) in [6, 6.07) is 12.1. The minimum absolute atomic E-state index is 0.116. The third-order valence-corrected chi connectivity index (χ3v) is 4.73. The highest BCUT2D eigenvalue weighted by Crippen LogP contribution is 2.23. The van der Waals surface area contributed by atoms with Crippen LogP contribution in [-0.4, -0.2) is 30.9 Å². The molecule has 0 heterocycles. The Bertz CT molecular complexity index is 939. The molecule has 0 saturated carbocycles. The van der Waals surface area contributed by atoms with E-state index in [0.29, 0.717) is 22.9 Å². The third-order valence-electron chi connectivity index (χ3n) is 4.73. The first-order valence-electron chi connectivity index (χ1n) is 10.3. The Morgan fingerprint density at radius 1 is 0.968 bits per heavy atom. The second-order valence-electron chi connectivity index (χ2n) is 8.83. The van der Waals surface area contributed by atoms with Gasteiger partial charge < -0.3 is 14.8 Å². The van der Waals surface area contributed by atoms with Crippen LogP contribution in [0.25, 0.3) is 0 Å². The maximum atomic E-state index is 12.3. The Morgan fingerprint density at radius 3 is 2.16 bits per heavy atom. The van der Waals surface area contributed by atoms with E-state index in [0.717, 1.165) is 5.56 Å². The molecule has 0 fully saturated rings. The molecule has 0 atom stereocenters. The van der Waals surface area contributed by atoms with Gasteiger partial charge in [0, 0.05) is 16.7 Å². The molecule has 31 heavy (non-hydrogen) atoms. The summed E-state index contributed by atoms with van der Waals surface area (Å²) in [6.45, 7) is 11.0. The average Bonchev–Trinajstić information content (AvgIpc) is 2.70. The van der Waals surface area contributed by atoms with Crippen molar-refractivity contribution in [3.8, 4) is 5.75 Å². The lowest BCUT2D eigenvalue weighted by Crippen LogP contribution is -2.27. The molecular weight excluding hydrogens is 394 g/mol. The number of benzene rings is 2. The summed E-state index contributed by atoms with van der Waals surface area (Å²) < 4.78 is 10.5. The number of ether oxygens (including phenoxy) is 2. The van der Waals surface area contributed by atoms with E-state index in [1.165, 1.54) is 5.56 Å². The maximum absolute atomic E-state index is 12.3. The zero-order valence-electron chi connectivity index (χ0n) is 19.1. The SMILES string of the molecule is Cc1cc(OCC(=O)OCC(=O)c2ccc(NC(=O)C(C)(C)C)cc2)ccc1C(C)C. The quantitative estimate of drug-likeness (QED) is 0.480. The normalized spacial score (nSPS) is 11.2. The fraction of sp³-hybridized carbons (Fsp3) is 0.400. The number of rotatable bonds is 8. The van der Waals surface area contributed by atoms with Crippen LogP contribution in [0.1, 0.15) is 62.0 Å². The summed E-state index contributed by atoms with van der Waals surface area (Å²) in [4.78, 5) is 36.2. The topological polar surface area (TPSA) is 81.7 Å². The van der Waals surface area contributed by atoms with Crippen LogP contribution < -0.4 is 10.1 Å². The van der Waals surface area contributed by atoms with Crippen molar-refractivity contribution in [1.82, 2.24) is 0 Å². The Labute approximate surface area is 183 Å². The summed E-state index contributed by atoms with van der Waals surface area (Å²) in [5.74, 6) is -0.0753. The first-order chi connectivity index (χ1) is 14.5. The van der Waals surface area contributed by atoms with E-state index in [4.69, 9.17) is 9.47 Å². The second-order valence-corrected chi connectivity index (χ2v) is 8.83. The summed E-state index contributed by atoms with van der Waals surface area (Å²) in [6.07, 6.45) is 0. The zero-order valence-corrected chi connectivity index (χ0v) is 19.1. The molecule has 0 unspecified atom stereocenters. The number of carbonyl (C=O) groups is 3. The number of nitrogens with one attached hydrogen (secondary N) is 1. The molecule has 0 saturated heterocycles. The summed E-state index contributed by atoms with van der Waals surface area (Å²) in [5.41, 5.74) is 2.80. The van der Waals surface area contributed by atoms with Gasteiger partial charge >= 0.3 is 5.97 Å². The van der Waals surface area contributed by atoms with Gasteiger partial charge in [0.25, 0.3) is 0 Å². The maximum Gasteiger partial charge on any atom is 0.344 e. The Balaban J connectivity index is 1.82. The van der Waals surface area contributed by atoms with Crippen LogP contribution in [0.5, 0.6) is 5.75 Å². The lowest BCUT2D eigenvalue weighted by molar-refractivity contribution is -0.144. The minimum Gasteiger partial charge on any atom is -0.482 e. The van der Waals surface area contributed by atoms with Gasteiger partial charge in [0.2, 0.25) is 5.91 Å². The van der Waals surface area contributed by atoms with Crippen LogP contribution in [0.2, 0.25) is 0 Å². The van der Waals surface area contributed by atoms with Crippen molar-refractivity contribution in [3.63, 3.8) is 0 Å². The van der Waals surface area contributed by atoms with Crippen molar-refractivity contribution in [1.29, 1.82) is 0 Å². The number of amides is 1. The summed E-state index contributed by atoms with van der Waals surface area (Å²) in [5, 5.41) is 2.79. The van der Waals surface area contributed by atoms with Gasteiger partial charge in [-0.1, -0.05) is 40.7 Å². The van der Waals surface area contributed by atoms with Gasteiger partial charge in [-0.3, -0.25) is 9.59 Å². The number of aryl methyl sites for hydroxylation is 1. The highest BCUT2D eigenvalue weighted by Gasteiger charge is 2.21. The van der Waals surface area contributed by atoms with Crippen molar-refractivity contribution < 1.29 is 23.9 Å². The van der Waals surface area contributed by atoms with Gasteiger partial charge in [0.15, 0.2) is 19.0 Å². The Hall–Kier alpha value is -3.15. The summed E-state index contributed by atoms with van der Waals surface area (Å²) >= 11 is 0. The van der Waals surface area contributed by atoms with E-state index < -0.39 is 11.4 Å². The molecule has 166 valence electrons. The van der Waals surface area contributed by atoms with Gasteiger partial charge in [-0.15, -0.1) is 0 Å². The number of hydrogen-bond acceptors (Lipinski definition) is 5. The first kappa shape index (κ1) is 24.1. The zero-order chi connectivity index (χ0) is 23.2. The molecule has 2 aromatic carbocycles. The van der Waals surface area contributed by atoms with E-state index in [1.54, 1.807) is 24.3 Å². The van der Waals surface area contributed by atoms with Crippen LogP contribution in [0.15, 0.2) is 42.5 Å². The number of anilines is 1. The summed E-state index contributed by atoms with van der Waals surface area (Å²) in [7, 11) is 0. The predicted octanol–water partition coefficient (Wildman–Crippen LogP) is 4.91. The molecule has 0 aliphatic carbocycles. The number of Topliss-reactive ketones (excluding diaryl/α,β-unsaturated/α-hetero) is 1. The molecule has 6 heteroatoms. The van der Waals surface area contributed by atoms with Crippen molar-refractivity contribution >= 4 is 23.3 Å². The van der Waals surface area contributed by atoms with Gasteiger partial charge in [-0.2, -0.15) is 0 Å². The number of esters is 1. The van der Waals surface area contributed by atoms with Crippen molar-refractivity contribution in [2.75, 3.05) is 18.5 Å². The van der Waals surface area contributed by atoms with E-state index in [9.17, 15) is 14.4 Å². The standard InChI is InChI=1S/C25H31NO5/c1-16(2)21-12-11-20(13-17(21)3)30-15-23(28)31-14-22(27)18-7-9-19(10-8-18)26-24(29)25(4,5)6/h7-13,16H,14-15H2,1-6H3,(H,26,29). The average molecular weight is 426 g/mol. The number of ketones is 1. The number of carbonyl (C=O) groups excluding carboxylic acids is 3. The van der Waals surface area contributed by atoms with E-state index in [1.807, 2.05) is 45.9 Å². The van der Waals surface area contributed by atoms with Crippen LogP contribution in [0, 0.1) is 12.3 Å². The Kier molecular flexibility index (Phi) is 7.97. The lowest BCUT2D eigenvalue weighted by atomic mass is 9.95. The molecule has 0 aliphatic rings. The molecule has 2 aromatic rings. The van der Waals surface area contributed by atoms with Gasteiger partial charge in [0.05, 0.1) is 0 Å². The largest absolute Gasteiger partial charge is 0.482 e. The molecule has 0 aliphatic heterocycles. The Morgan fingerprint density at radius 2 is 1.61 bits per heavy atom. The van der Waals surface area contributed by atoms with Crippen molar-refractivity contribution in [2.45, 2.75) is 47.5 Å². The molecule has 1 amide bonds. The lowest BCUT2D eigenvalue weighted by Gasteiger charge is -2.17. The molecule has 0 bridgehead atoms. The monoisotopic (exact) mass is 425 g/mol. The highest BCUT2D eigenvalue weighted by atomic mass is 16.6. The highest BCUT2D eigenvalue weighted by molar-refractivity contribution is 5.99. The first-order valence-corrected chi connectivity index (χ1v) is 10.3. The van der Waals surface area contributed by atoms with Crippen molar-refractivity contribution in [3.05, 3.63) is 59.2 Å². The third kappa shape index (κ3) is 7.24. The minimum atomic E-state index is -0.618. The molecular formula is C25H31NO5. The molecule has 6 nitrogen and oxygen atoms in total. The van der Waals surface area contributed by atoms with Crippen LogP contribution >= 0.6 is 0 Å². The molecule has 0 aromatic heterocycles. The predicted molar refractivity (Wildman–Crippen MR) is 121 cm³/mol. The van der Waals surface area contributed by atoms with Crippen molar-refractivity contribution in [2.24, 2.45) is 5.41 Å². The second kappa shape index (κ2) is 10.2.